The van der Waals surface area contributed by atoms with E-state index >= 15 is 0 Å². The fourth-order valence-corrected chi connectivity index (χ4v) is 3.58. The summed E-state index contributed by atoms with van der Waals surface area (Å²) in [4.78, 5) is 14.3. The summed E-state index contributed by atoms with van der Waals surface area (Å²) in [5.41, 5.74) is 0.748. The second kappa shape index (κ2) is 8.30. The molecule has 138 valence electrons. The number of carbonyl (C=O) groups excluding carboxylic acids is 1. The normalized spacial score (nSPS) is 17.3. The Hall–Kier alpha value is -2.43. The summed E-state index contributed by atoms with van der Waals surface area (Å²) in [5, 5.41) is 9.83. The fourth-order valence-electron chi connectivity index (χ4n) is 3.58. The van der Waals surface area contributed by atoms with E-state index in [1.807, 2.05) is 0 Å². The van der Waals surface area contributed by atoms with Gasteiger partial charge in [0.1, 0.15) is 17.4 Å². The SMILES string of the molecule is O=C(Cc1ccccc1O)N1CCC[C@H](CCc2c(F)cccc2F)C1. The molecule has 0 spiro atoms. The molecule has 1 saturated heterocycles. The Balaban J connectivity index is 1.57. The number of aromatic hydroxyl groups is 1. The van der Waals surface area contributed by atoms with Crippen molar-refractivity contribution >= 4 is 5.91 Å². The molecule has 1 aliphatic rings. The van der Waals surface area contributed by atoms with Crippen LogP contribution in [0.3, 0.4) is 0 Å². The van der Waals surface area contributed by atoms with Gasteiger partial charge in [0.25, 0.3) is 0 Å². The van der Waals surface area contributed by atoms with Gasteiger partial charge in [-0.1, -0.05) is 24.3 Å². The van der Waals surface area contributed by atoms with Crippen molar-refractivity contribution in [3.63, 3.8) is 0 Å². The molecule has 26 heavy (non-hydrogen) atoms. The maximum atomic E-state index is 13.8. The largest absolute Gasteiger partial charge is 0.508 e. The van der Waals surface area contributed by atoms with Crippen molar-refractivity contribution in [2.45, 2.75) is 32.1 Å². The highest BCUT2D eigenvalue weighted by atomic mass is 19.1. The number of benzene rings is 2. The average molecular weight is 359 g/mol. The van der Waals surface area contributed by atoms with Gasteiger partial charge in [-0.25, -0.2) is 8.78 Å². The predicted octanol–water partition coefficient (Wildman–Crippen LogP) is 4.08. The minimum atomic E-state index is -0.506. The molecule has 2 aromatic carbocycles. The smallest absolute Gasteiger partial charge is 0.227 e. The number of rotatable bonds is 5. The molecule has 1 amide bonds. The molecule has 0 aromatic heterocycles. The lowest BCUT2D eigenvalue weighted by atomic mass is 9.91. The van der Waals surface area contributed by atoms with Crippen LogP contribution in [0.2, 0.25) is 0 Å². The van der Waals surface area contributed by atoms with Crippen molar-refractivity contribution in [1.82, 2.24) is 4.90 Å². The zero-order chi connectivity index (χ0) is 18.5. The summed E-state index contributed by atoms with van der Waals surface area (Å²) in [5.74, 6) is -0.671. The lowest BCUT2D eigenvalue weighted by Crippen LogP contribution is -2.40. The van der Waals surface area contributed by atoms with E-state index < -0.39 is 11.6 Å². The van der Waals surface area contributed by atoms with Gasteiger partial charge >= 0.3 is 0 Å². The third-order valence-corrected chi connectivity index (χ3v) is 5.07. The van der Waals surface area contributed by atoms with Gasteiger partial charge < -0.3 is 10.0 Å². The highest BCUT2D eigenvalue weighted by Crippen LogP contribution is 2.25. The Morgan fingerprint density at radius 1 is 1.12 bits per heavy atom. The predicted molar refractivity (Wildman–Crippen MR) is 95.8 cm³/mol. The van der Waals surface area contributed by atoms with E-state index in [0.717, 1.165) is 12.8 Å². The van der Waals surface area contributed by atoms with Gasteiger partial charge in [-0.3, -0.25) is 4.79 Å². The van der Waals surface area contributed by atoms with Gasteiger partial charge in [0.15, 0.2) is 0 Å². The number of nitrogens with zero attached hydrogens (tertiary/aromatic N) is 1. The molecule has 3 rings (SSSR count). The lowest BCUT2D eigenvalue weighted by molar-refractivity contribution is -0.132. The van der Waals surface area contributed by atoms with Crippen molar-refractivity contribution in [1.29, 1.82) is 0 Å². The number of piperidine rings is 1. The second-order valence-corrected chi connectivity index (χ2v) is 6.89. The number of likely N-dealkylation sites (tertiary alicyclic amines) is 1. The minimum Gasteiger partial charge on any atom is -0.508 e. The monoisotopic (exact) mass is 359 g/mol. The van der Waals surface area contributed by atoms with Gasteiger partial charge in [-0.2, -0.15) is 0 Å². The molecule has 2 aromatic rings. The summed E-state index contributed by atoms with van der Waals surface area (Å²) >= 11 is 0. The number of carbonyl (C=O) groups is 1. The lowest BCUT2D eigenvalue weighted by Gasteiger charge is -2.33. The van der Waals surface area contributed by atoms with E-state index in [0.29, 0.717) is 31.5 Å². The average Bonchev–Trinajstić information content (AvgIpc) is 2.63. The van der Waals surface area contributed by atoms with E-state index in [1.54, 1.807) is 29.2 Å². The van der Waals surface area contributed by atoms with Gasteiger partial charge in [0.05, 0.1) is 6.42 Å². The summed E-state index contributed by atoms with van der Waals surface area (Å²) in [6.45, 7) is 1.29. The van der Waals surface area contributed by atoms with Crippen molar-refractivity contribution in [3.8, 4) is 5.75 Å². The van der Waals surface area contributed by atoms with Crippen LogP contribution in [0.5, 0.6) is 5.75 Å². The number of amides is 1. The van der Waals surface area contributed by atoms with Crippen molar-refractivity contribution in [2.75, 3.05) is 13.1 Å². The number of hydrogen-bond donors (Lipinski definition) is 1. The molecule has 0 radical (unpaired) electrons. The summed E-state index contributed by atoms with van der Waals surface area (Å²) in [7, 11) is 0. The molecule has 1 aliphatic heterocycles. The second-order valence-electron chi connectivity index (χ2n) is 6.89. The molecular weight excluding hydrogens is 336 g/mol. The first-order chi connectivity index (χ1) is 12.5. The number of para-hydroxylation sites is 1. The quantitative estimate of drug-likeness (QED) is 0.874. The van der Waals surface area contributed by atoms with Gasteiger partial charge in [-0.15, -0.1) is 0 Å². The van der Waals surface area contributed by atoms with Crippen LogP contribution >= 0.6 is 0 Å². The minimum absolute atomic E-state index is 0.0201. The number of hydrogen-bond acceptors (Lipinski definition) is 2. The van der Waals surface area contributed by atoms with Crippen LogP contribution in [0.25, 0.3) is 0 Å². The number of phenolic OH excluding ortho intramolecular Hbond substituents is 1. The van der Waals surface area contributed by atoms with E-state index in [4.69, 9.17) is 0 Å². The van der Waals surface area contributed by atoms with Gasteiger partial charge in [0, 0.05) is 24.2 Å². The van der Waals surface area contributed by atoms with E-state index in [1.165, 1.54) is 18.2 Å². The molecule has 5 heteroatoms. The Morgan fingerprint density at radius 2 is 1.85 bits per heavy atom. The molecule has 1 atom stereocenters. The number of halogens is 2. The standard InChI is InChI=1S/C21H23F2NO2/c22-18-7-3-8-19(23)17(18)11-10-15-5-4-12-24(14-15)21(26)13-16-6-1-2-9-20(16)25/h1-3,6-9,15,25H,4-5,10-14H2/t15-/m1/s1. The van der Waals surface area contributed by atoms with Gasteiger partial charge in [0.2, 0.25) is 5.91 Å². The van der Waals surface area contributed by atoms with Crippen LogP contribution in [0.1, 0.15) is 30.4 Å². The first kappa shape index (κ1) is 18.4. The molecule has 0 bridgehead atoms. The van der Waals surface area contributed by atoms with E-state index in [9.17, 15) is 18.7 Å². The Bertz CT molecular complexity index is 758. The topological polar surface area (TPSA) is 40.5 Å². The van der Waals surface area contributed by atoms with Crippen LogP contribution in [0, 0.1) is 17.6 Å². The molecule has 0 saturated carbocycles. The Labute approximate surface area is 152 Å². The fraction of sp³-hybridized carbons (Fsp3) is 0.381. The first-order valence-corrected chi connectivity index (χ1v) is 9.02. The third kappa shape index (κ3) is 4.40. The Kier molecular flexibility index (Phi) is 5.86. The third-order valence-electron chi connectivity index (χ3n) is 5.07. The first-order valence-electron chi connectivity index (χ1n) is 9.02. The van der Waals surface area contributed by atoms with Crippen LogP contribution < -0.4 is 0 Å². The van der Waals surface area contributed by atoms with Crippen LogP contribution in [-0.4, -0.2) is 29.0 Å². The molecule has 3 nitrogen and oxygen atoms in total. The molecule has 1 fully saturated rings. The van der Waals surface area contributed by atoms with E-state index in [2.05, 4.69) is 0 Å². The molecule has 1 N–H and O–H groups in total. The van der Waals surface area contributed by atoms with Gasteiger partial charge in [-0.05, 0) is 49.8 Å². The summed E-state index contributed by atoms with van der Waals surface area (Å²) in [6.07, 6.45) is 3.00. The molecule has 1 heterocycles. The van der Waals surface area contributed by atoms with Crippen molar-refractivity contribution in [2.24, 2.45) is 5.92 Å². The van der Waals surface area contributed by atoms with Crippen LogP contribution in [0.4, 0.5) is 8.78 Å². The summed E-state index contributed by atoms with van der Waals surface area (Å²) < 4.78 is 27.5. The maximum absolute atomic E-state index is 13.8. The Morgan fingerprint density at radius 3 is 2.58 bits per heavy atom. The van der Waals surface area contributed by atoms with Crippen molar-refractivity contribution < 1.29 is 18.7 Å². The van der Waals surface area contributed by atoms with Crippen molar-refractivity contribution in [3.05, 3.63) is 65.2 Å². The zero-order valence-electron chi connectivity index (χ0n) is 14.6. The van der Waals surface area contributed by atoms with Crippen LogP contribution in [-0.2, 0) is 17.6 Å². The molecule has 0 aliphatic carbocycles. The van der Waals surface area contributed by atoms with E-state index in [-0.39, 0.29) is 29.6 Å². The maximum Gasteiger partial charge on any atom is 0.227 e. The summed E-state index contributed by atoms with van der Waals surface area (Å²) in [6, 6.07) is 10.8. The van der Waals surface area contributed by atoms with Crippen LogP contribution in [0.15, 0.2) is 42.5 Å². The highest BCUT2D eigenvalue weighted by Gasteiger charge is 2.24. The molecule has 0 unspecified atom stereocenters. The molecular formula is C21H23F2NO2. The zero-order valence-corrected chi connectivity index (χ0v) is 14.6. The number of phenols is 1. The highest BCUT2D eigenvalue weighted by molar-refractivity contribution is 5.79.